The summed E-state index contributed by atoms with van der Waals surface area (Å²) in [6.45, 7) is 5.47. The summed E-state index contributed by atoms with van der Waals surface area (Å²) in [6.07, 6.45) is 0. The standard InChI is InChI=1S/C22H25Cl2N3O6/c1-6-32-16-10-8-13(23)20(33-7-2)19(16)27-26-18(12(3)28)22(29)25-14-9-11-15(30-4)17(24)21(14)31-5/h8-11,18H,6-7H2,1-5H3,(H,25,29). The number of carbonyl (C=O) groups excluding carboxylic acids is 2. The van der Waals surface area contributed by atoms with Crippen LogP contribution in [0.2, 0.25) is 10.0 Å². The molecule has 1 N–H and O–H groups in total. The van der Waals surface area contributed by atoms with Gasteiger partial charge in [0.2, 0.25) is 6.04 Å². The quantitative estimate of drug-likeness (QED) is 0.324. The van der Waals surface area contributed by atoms with E-state index in [1.807, 2.05) is 0 Å². The first-order chi connectivity index (χ1) is 15.8. The molecule has 0 aromatic heterocycles. The van der Waals surface area contributed by atoms with Crippen molar-refractivity contribution in [2.24, 2.45) is 10.2 Å². The van der Waals surface area contributed by atoms with Crippen LogP contribution in [0, 0.1) is 0 Å². The predicted octanol–water partition coefficient (Wildman–Crippen LogP) is 5.49. The van der Waals surface area contributed by atoms with Gasteiger partial charge in [-0.25, -0.2) is 0 Å². The van der Waals surface area contributed by atoms with Gasteiger partial charge in [0.1, 0.15) is 10.8 Å². The van der Waals surface area contributed by atoms with Crippen LogP contribution < -0.4 is 24.3 Å². The number of rotatable bonds is 11. The van der Waals surface area contributed by atoms with Crippen LogP contribution in [0.1, 0.15) is 20.8 Å². The Balaban J connectivity index is 2.41. The Morgan fingerprint density at radius 3 is 2.21 bits per heavy atom. The maximum absolute atomic E-state index is 12.9. The number of halogens is 2. The van der Waals surface area contributed by atoms with E-state index in [2.05, 4.69) is 15.5 Å². The van der Waals surface area contributed by atoms with Crippen LogP contribution in [0.15, 0.2) is 34.5 Å². The molecule has 0 aliphatic heterocycles. The molecule has 0 heterocycles. The molecule has 0 spiro atoms. The SMILES string of the molecule is CCOc1ccc(Cl)c(OCC)c1N=NC(C(C)=O)C(=O)Nc1ccc(OC)c(Cl)c1OC. The number of anilines is 1. The van der Waals surface area contributed by atoms with Crippen LogP contribution in [-0.2, 0) is 9.59 Å². The topological polar surface area (TPSA) is 108 Å². The van der Waals surface area contributed by atoms with Crippen LogP contribution in [0.25, 0.3) is 0 Å². The number of carbonyl (C=O) groups is 2. The third kappa shape index (κ3) is 6.27. The minimum absolute atomic E-state index is 0.167. The second-order valence-corrected chi connectivity index (χ2v) is 7.25. The van der Waals surface area contributed by atoms with E-state index in [4.69, 9.17) is 42.1 Å². The fraction of sp³-hybridized carbons (Fsp3) is 0.364. The van der Waals surface area contributed by atoms with E-state index in [0.717, 1.165) is 0 Å². The summed E-state index contributed by atoms with van der Waals surface area (Å²) in [5, 5.41) is 11.1. The van der Waals surface area contributed by atoms with Crippen molar-refractivity contribution in [1.82, 2.24) is 0 Å². The molecule has 0 bridgehead atoms. The summed E-state index contributed by atoms with van der Waals surface area (Å²) in [5.41, 5.74) is 0.415. The van der Waals surface area contributed by atoms with Gasteiger partial charge in [-0.1, -0.05) is 23.2 Å². The van der Waals surface area contributed by atoms with E-state index in [0.29, 0.717) is 24.7 Å². The Kier molecular flexibility index (Phi) is 9.74. The van der Waals surface area contributed by atoms with Crippen molar-refractivity contribution in [1.29, 1.82) is 0 Å². The average molecular weight is 498 g/mol. The number of azo groups is 1. The molecule has 1 unspecified atom stereocenters. The Bertz CT molecular complexity index is 1050. The van der Waals surface area contributed by atoms with E-state index < -0.39 is 17.7 Å². The van der Waals surface area contributed by atoms with Crippen LogP contribution in [0.4, 0.5) is 11.4 Å². The van der Waals surface area contributed by atoms with Gasteiger partial charge in [0.15, 0.2) is 28.7 Å². The van der Waals surface area contributed by atoms with E-state index in [1.165, 1.54) is 27.2 Å². The average Bonchev–Trinajstić information content (AvgIpc) is 2.78. The highest BCUT2D eigenvalue weighted by Gasteiger charge is 2.26. The molecular weight excluding hydrogens is 473 g/mol. The Morgan fingerprint density at radius 2 is 1.64 bits per heavy atom. The smallest absolute Gasteiger partial charge is 0.258 e. The zero-order valence-corrected chi connectivity index (χ0v) is 20.4. The zero-order valence-electron chi connectivity index (χ0n) is 18.9. The predicted molar refractivity (Wildman–Crippen MR) is 126 cm³/mol. The number of hydrogen-bond acceptors (Lipinski definition) is 8. The third-order valence-corrected chi connectivity index (χ3v) is 4.94. The number of ketones is 1. The summed E-state index contributed by atoms with van der Waals surface area (Å²) in [7, 11) is 2.84. The fourth-order valence-corrected chi connectivity index (χ4v) is 3.33. The first kappa shape index (κ1) is 26.2. The Labute approximate surface area is 202 Å². The molecule has 178 valence electrons. The summed E-state index contributed by atoms with van der Waals surface area (Å²) in [6, 6.07) is 4.84. The lowest BCUT2D eigenvalue weighted by Crippen LogP contribution is -2.32. The molecule has 0 saturated heterocycles. The summed E-state index contributed by atoms with van der Waals surface area (Å²) in [5.74, 6) is -0.144. The van der Waals surface area contributed by atoms with Crippen molar-refractivity contribution in [2.45, 2.75) is 26.8 Å². The van der Waals surface area contributed by atoms with Crippen LogP contribution in [-0.4, -0.2) is 45.2 Å². The summed E-state index contributed by atoms with van der Waals surface area (Å²) in [4.78, 5) is 25.1. The number of nitrogens with one attached hydrogen (secondary N) is 1. The number of nitrogens with zero attached hydrogens (tertiary/aromatic N) is 2. The lowest BCUT2D eigenvalue weighted by molar-refractivity contribution is -0.126. The number of ether oxygens (including phenoxy) is 4. The van der Waals surface area contributed by atoms with E-state index >= 15 is 0 Å². The molecule has 1 amide bonds. The normalized spacial score (nSPS) is 11.7. The molecule has 0 aliphatic rings. The fourth-order valence-electron chi connectivity index (χ4n) is 2.81. The van der Waals surface area contributed by atoms with Crippen LogP contribution in [0.5, 0.6) is 23.0 Å². The van der Waals surface area contributed by atoms with Crippen molar-refractivity contribution in [3.05, 3.63) is 34.3 Å². The lowest BCUT2D eigenvalue weighted by atomic mass is 10.2. The second-order valence-electron chi connectivity index (χ2n) is 6.47. The highest BCUT2D eigenvalue weighted by molar-refractivity contribution is 6.34. The highest BCUT2D eigenvalue weighted by Crippen LogP contribution is 2.43. The molecule has 9 nitrogen and oxygen atoms in total. The molecule has 2 aromatic carbocycles. The van der Waals surface area contributed by atoms with Crippen LogP contribution in [0.3, 0.4) is 0 Å². The molecule has 0 radical (unpaired) electrons. The van der Waals surface area contributed by atoms with E-state index in [1.54, 1.807) is 32.0 Å². The summed E-state index contributed by atoms with van der Waals surface area (Å²) >= 11 is 12.5. The van der Waals surface area contributed by atoms with Crippen molar-refractivity contribution < 1.29 is 28.5 Å². The van der Waals surface area contributed by atoms with E-state index in [9.17, 15) is 9.59 Å². The molecule has 0 aliphatic carbocycles. The molecule has 0 fully saturated rings. The number of Topliss-reactive ketones (excluding diaryl/α,β-unsaturated/α-hetero) is 1. The molecular formula is C22H25Cl2N3O6. The molecule has 2 aromatic rings. The first-order valence-electron chi connectivity index (χ1n) is 9.99. The van der Waals surface area contributed by atoms with Crippen LogP contribution >= 0.6 is 23.2 Å². The zero-order chi connectivity index (χ0) is 24.5. The molecule has 2 rings (SSSR count). The number of benzene rings is 2. The van der Waals surface area contributed by atoms with Gasteiger partial charge in [0.25, 0.3) is 5.91 Å². The maximum atomic E-state index is 12.9. The van der Waals surface area contributed by atoms with Crippen molar-refractivity contribution in [2.75, 3.05) is 32.8 Å². The van der Waals surface area contributed by atoms with Gasteiger partial charge in [-0.05, 0) is 45.0 Å². The van der Waals surface area contributed by atoms with Gasteiger partial charge in [0.05, 0.1) is 38.1 Å². The van der Waals surface area contributed by atoms with Gasteiger partial charge in [0, 0.05) is 0 Å². The monoisotopic (exact) mass is 497 g/mol. The number of hydrogen-bond donors (Lipinski definition) is 1. The van der Waals surface area contributed by atoms with Crippen molar-refractivity contribution in [3.8, 4) is 23.0 Å². The van der Waals surface area contributed by atoms with Gasteiger partial charge in [-0.15, -0.1) is 5.11 Å². The van der Waals surface area contributed by atoms with Crippen molar-refractivity contribution >= 4 is 46.3 Å². The molecule has 1 atom stereocenters. The largest absolute Gasteiger partial charge is 0.495 e. The number of methoxy groups -OCH3 is 2. The Hall–Kier alpha value is -3.04. The van der Waals surface area contributed by atoms with Gasteiger partial charge in [-0.2, -0.15) is 5.11 Å². The number of amides is 1. The first-order valence-corrected chi connectivity index (χ1v) is 10.7. The summed E-state index contributed by atoms with van der Waals surface area (Å²) < 4.78 is 21.6. The molecule has 0 saturated carbocycles. The molecule has 11 heteroatoms. The van der Waals surface area contributed by atoms with Gasteiger partial charge < -0.3 is 24.3 Å². The van der Waals surface area contributed by atoms with E-state index in [-0.39, 0.29) is 32.9 Å². The highest BCUT2D eigenvalue weighted by atomic mass is 35.5. The maximum Gasteiger partial charge on any atom is 0.258 e. The van der Waals surface area contributed by atoms with Crippen molar-refractivity contribution in [3.63, 3.8) is 0 Å². The van der Waals surface area contributed by atoms with Gasteiger partial charge >= 0.3 is 0 Å². The minimum atomic E-state index is -1.46. The minimum Gasteiger partial charge on any atom is -0.495 e. The second kappa shape index (κ2) is 12.3. The lowest BCUT2D eigenvalue weighted by Gasteiger charge is -2.16. The molecule has 33 heavy (non-hydrogen) atoms. The Morgan fingerprint density at radius 1 is 0.970 bits per heavy atom. The third-order valence-electron chi connectivity index (χ3n) is 4.29. The van der Waals surface area contributed by atoms with Gasteiger partial charge in [-0.3, -0.25) is 9.59 Å².